The lowest BCUT2D eigenvalue weighted by Gasteiger charge is -2.34. The van der Waals surface area contributed by atoms with Gasteiger partial charge in [-0.1, -0.05) is 11.6 Å². The molecule has 0 spiro atoms. The fourth-order valence-electron chi connectivity index (χ4n) is 3.23. The molecule has 0 radical (unpaired) electrons. The molecular weight excluding hydrogens is 412 g/mol. The van der Waals surface area contributed by atoms with Crippen LogP contribution in [0.15, 0.2) is 30.7 Å². The Kier molecular flexibility index (Phi) is 5.20. The highest BCUT2D eigenvalue weighted by Gasteiger charge is 2.44. The maximum Gasteiger partial charge on any atom is 0.412 e. The number of carbonyl (C=O) groups is 3. The molecule has 0 bridgehead atoms. The van der Waals surface area contributed by atoms with E-state index in [1.54, 1.807) is 6.07 Å². The number of amides is 3. The highest BCUT2D eigenvalue weighted by atomic mass is 35.5. The third-order valence-corrected chi connectivity index (χ3v) is 4.96. The number of halogens is 1. The molecule has 30 heavy (non-hydrogen) atoms. The Labute approximate surface area is 176 Å². The Morgan fingerprint density at radius 3 is 2.47 bits per heavy atom. The van der Waals surface area contributed by atoms with Crippen LogP contribution in [0, 0.1) is 12.3 Å². The Hall–Kier alpha value is -3.71. The summed E-state index contributed by atoms with van der Waals surface area (Å²) in [6, 6.07) is 3.11. The first-order chi connectivity index (χ1) is 14.5. The van der Waals surface area contributed by atoms with Gasteiger partial charge < -0.3 is 14.5 Å². The lowest BCUT2D eigenvalue weighted by Crippen LogP contribution is -2.51. The lowest BCUT2D eigenvalue weighted by molar-refractivity contribution is -0.126. The van der Waals surface area contributed by atoms with Crippen molar-refractivity contribution >= 4 is 35.3 Å². The number of hydrogen-bond donors (Lipinski definition) is 0. The Balaban J connectivity index is 1.55. The molecule has 2 aliphatic rings. The Bertz CT molecular complexity index is 1050. The van der Waals surface area contributed by atoms with Crippen LogP contribution in [-0.2, 0) is 9.53 Å². The zero-order valence-electron chi connectivity index (χ0n) is 15.6. The third-order valence-electron chi connectivity index (χ3n) is 4.74. The fourth-order valence-corrected chi connectivity index (χ4v) is 3.35. The van der Waals surface area contributed by atoms with Gasteiger partial charge in [0.2, 0.25) is 6.23 Å². The van der Waals surface area contributed by atoms with E-state index in [1.165, 1.54) is 39.4 Å². The molecule has 152 valence electrons. The van der Waals surface area contributed by atoms with Crippen LogP contribution < -0.4 is 4.90 Å². The van der Waals surface area contributed by atoms with Crippen molar-refractivity contribution in [2.45, 2.75) is 6.23 Å². The van der Waals surface area contributed by atoms with Crippen molar-refractivity contribution in [2.24, 2.45) is 0 Å². The van der Waals surface area contributed by atoms with Crippen LogP contribution in [0.4, 0.5) is 10.6 Å². The second-order valence-electron chi connectivity index (χ2n) is 6.46. The van der Waals surface area contributed by atoms with E-state index in [0.717, 1.165) is 0 Å². The van der Waals surface area contributed by atoms with E-state index in [2.05, 4.69) is 20.9 Å². The van der Waals surface area contributed by atoms with Gasteiger partial charge in [-0.2, -0.15) is 0 Å². The molecule has 2 aromatic rings. The summed E-state index contributed by atoms with van der Waals surface area (Å²) < 4.78 is 5.64. The van der Waals surface area contributed by atoms with Gasteiger partial charge in [-0.3, -0.25) is 14.6 Å². The van der Waals surface area contributed by atoms with E-state index >= 15 is 0 Å². The number of hydrogen-bond acceptors (Lipinski definition) is 7. The molecule has 0 unspecified atom stereocenters. The van der Waals surface area contributed by atoms with Gasteiger partial charge in [0, 0.05) is 44.8 Å². The molecule has 1 atom stereocenters. The van der Waals surface area contributed by atoms with E-state index in [9.17, 15) is 14.4 Å². The van der Waals surface area contributed by atoms with Crippen LogP contribution in [0.25, 0.3) is 0 Å². The number of nitrogens with zero attached hydrogens (tertiary/aromatic N) is 6. The number of carbonyl (C=O) groups excluding carboxylic acids is 3. The molecule has 0 N–H and O–H groups in total. The molecule has 3 amide bonds. The molecule has 2 aliphatic heterocycles. The van der Waals surface area contributed by atoms with E-state index < -0.39 is 24.1 Å². The summed E-state index contributed by atoms with van der Waals surface area (Å²) in [6.07, 6.45) is 7.53. The smallest absolute Gasteiger partial charge is 0.412 e. The van der Waals surface area contributed by atoms with Gasteiger partial charge in [-0.15, -0.1) is 6.42 Å². The molecule has 4 rings (SSSR count). The topological polar surface area (TPSA) is 109 Å². The van der Waals surface area contributed by atoms with Crippen LogP contribution in [0.5, 0.6) is 0 Å². The number of pyridine rings is 1. The molecule has 1 fully saturated rings. The first kappa shape index (κ1) is 19.6. The highest BCUT2D eigenvalue weighted by Crippen LogP contribution is 2.35. The van der Waals surface area contributed by atoms with E-state index in [4.69, 9.17) is 22.8 Å². The maximum absolute atomic E-state index is 12.9. The largest absolute Gasteiger partial charge is 0.419 e. The standard InChI is InChI=1S/C19H15ClN6O4/c1-2-14(27)24-7-9-25(10-8-24)19(29)30-18-16-15(21-5-6-22-16)17(28)26(18)13-4-3-12(20)11-23-13/h1,3-6,11,18H,7-10H2/t18-/m0/s1. The minimum absolute atomic E-state index is 0.0801. The Morgan fingerprint density at radius 1 is 1.10 bits per heavy atom. The number of ether oxygens (including phenoxy) is 1. The van der Waals surface area contributed by atoms with Gasteiger partial charge >= 0.3 is 6.09 Å². The van der Waals surface area contributed by atoms with Crippen LogP contribution in [0.2, 0.25) is 5.02 Å². The van der Waals surface area contributed by atoms with E-state index in [1.807, 2.05) is 0 Å². The Morgan fingerprint density at radius 2 is 1.80 bits per heavy atom. The van der Waals surface area contributed by atoms with Crippen molar-refractivity contribution in [3.63, 3.8) is 0 Å². The zero-order valence-corrected chi connectivity index (χ0v) is 16.3. The summed E-state index contributed by atoms with van der Waals surface area (Å²) in [7, 11) is 0. The average molecular weight is 427 g/mol. The number of rotatable bonds is 2. The molecule has 0 saturated carbocycles. The molecule has 1 saturated heterocycles. The second-order valence-corrected chi connectivity index (χ2v) is 6.90. The normalized spacial score (nSPS) is 18.1. The van der Waals surface area contributed by atoms with Crippen molar-refractivity contribution in [3.05, 3.63) is 47.1 Å². The molecule has 2 aromatic heterocycles. The van der Waals surface area contributed by atoms with Crippen LogP contribution in [0.3, 0.4) is 0 Å². The van der Waals surface area contributed by atoms with Gasteiger partial charge in [-0.25, -0.2) is 19.7 Å². The maximum atomic E-state index is 12.9. The van der Waals surface area contributed by atoms with E-state index in [0.29, 0.717) is 18.1 Å². The van der Waals surface area contributed by atoms with Gasteiger partial charge in [0.1, 0.15) is 11.5 Å². The summed E-state index contributed by atoms with van der Waals surface area (Å²) in [4.78, 5) is 53.8. The minimum Gasteiger partial charge on any atom is -0.419 e. The van der Waals surface area contributed by atoms with Crippen molar-refractivity contribution in [2.75, 3.05) is 31.1 Å². The van der Waals surface area contributed by atoms with Crippen molar-refractivity contribution in [1.82, 2.24) is 24.8 Å². The summed E-state index contributed by atoms with van der Waals surface area (Å²) in [5.41, 5.74) is 0.297. The molecule has 0 aromatic carbocycles. The molecular formula is C19H15ClN6O4. The van der Waals surface area contributed by atoms with Crippen molar-refractivity contribution < 1.29 is 19.1 Å². The average Bonchev–Trinajstić information content (AvgIpc) is 3.05. The van der Waals surface area contributed by atoms with Gasteiger partial charge in [0.25, 0.3) is 11.8 Å². The first-order valence-corrected chi connectivity index (χ1v) is 9.34. The monoisotopic (exact) mass is 426 g/mol. The number of terminal acetylenes is 1. The van der Waals surface area contributed by atoms with Crippen LogP contribution in [-0.4, -0.2) is 68.8 Å². The predicted octanol–water partition coefficient (Wildman–Crippen LogP) is 1.10. The fraction of sp³-hybridized carbons (Fsp3) is 0.263. The van der Waals surface area contributed by atoms with Crippen LogP contribution in [0.1, 0.15) is 22.4 Å². The van der Waals surface area contributed by atoms with E-state index in [-0.39, 0.29) is 30.3 Å². The van der Waals surface area contributed by atoms with Gasteiger partial charge in [0.15, 0.2) is 5.69 Å². The SMILES string of the molecule is C#CC(=O)N1CCN(C(=O)O[C@H]2c3nccnc3C(=O)N2c2ccc(Cl)cn2)CC1. The quantitative estimate of drug-likeness (QED) is 0.661. The molecule has 4 heterocycles. The summed E-state index contributed by atoms with van der Waals surface area (Å²) in [5.74, 6) is 1.39. The van der Waals surface area contributed by atoms with Gasteiger partial charge in [0.05, 0.1) is 5.02 Å². The third kappa shape index (κ3) is 3.51. The summed E-state index contributed by atoms with van der Waals surface area (Å²) >= 11 is 5.89. The highest BCUT2D eigenvalue weighted by molar-refractivity contribution is 6.30. The number of piperazine rings is 1. The second kappa shape index (κ2) is 7.96. The number of aromatic nitrogens is 3. The molecule has 11 heteroatoms. The molecule has 10 nitrogen and oxygen atoms in total. The minimum atomic E-state index is -1.13. The number of fused-ring (bicyclic) bond motifs is 1. The van der Waals surface area contributed by atoms with Crippen LogP contribution >= 0.6 is 11.6 Å². The molecule has 0 aliphatic carbocycles. The lowest BCUT2D eigenvalue weighted by atomic mass is 10.3. The summed E-state index contributed by atoms with van der Waals surface area (Å²) in [6.45, 7) is 1.08. The van der Waals surface area contributed by atoms with Crippen molar-refractivity contribution in [3.8, 4) is 12.3 Å². The predicted molar refractivity (Wildman–Crippen MR) is 104 cm³/mol. The first-order valence-electron chi connectivity index (χ1n) is 8.96. The summed E-state index contributed by atoms with van der Waals surface area (Å²) in [5, 5.41) is 0.395. The van der Waals surface area contributed by atoms with Gasteiger partial charge in [-0.05, 0) is 18.1 Å². The number of anilines is 1. The zero-order chi connectivity index (χ0) is 21.3. The van der Waals surface area contributed by atoms with Crippen molar-refractivity contribution in [1.29, 1.82) is 0 Å².